The van der Waals surface area contributed by atoms with Crippen LogP contribution < -0.4 is 5.32 Å². The van der Waals surface area contributed by atoms with Crippen LogP contribution >= 0.6 is 11.6 Å². The Hall–Kier alpha value is -2.94. The number of aromatic nitrogens is 3. The average molecular weight is 402 g/mol. The first-order chi connectivity index (χ1) is 14.2. The number of hydrogen-bond donors (Lipinski definition) is 1. The Morgan fingerprint density at radius 1 is 1.14 bits per heavy atom. The summed E-state index contributed by atoms with van der Waals surface area (Å²) in [6.07, 6.45) is 5.19. The van der Waals surface area contributed by atoms with Crippen molar-refractivity contribution in [2.24, 2.45) is 0 Å². The molecule has 6 heteroatoms. The van der Waals surface area contributed by atoms with E-state index in [4.69, 9.17) is 16.9 Å². The highest BCUT2D eigenvalue weighted by molar-refractivity contribution is 6.30. The fourth-order valence-electron chi connectivity index (χ4n) is 4.31. The molecule has 2 aromatic carbocycles. The minimum Gasteiger partial charge on any atom is -0.306 e. The maximum atomic E-state index is 9.16. The summed E-state index contributed by atoms with van der Waals surface area (Å²) in [6, 6.07) is 16.1. The van der Waals surface area contributed by atoms with Crippen LogP contribution in [-0.4, -0.2) is 14.8 Å². The zero-order chi connectivity index (χ0) is 19.8. The van der Waals surface area contributed by atoms with Gasteiger partial charge in [0.2, 0.25) is 0 Å². The van der Waals surface area contributed by atoms with Crippen LogP contribution in [0.3, 0.4) is 0 Å². The number of nitrogens with zero attached hydrogens (tertiary/aromatic N) is 4. The second-order valence-electron chi connectivity index (χ2n) is 7.58. The predicted octanol–water partition coefficient (Wildman–Crippen LogP) is 4.75. The Morgan fingerprint density at radius 2 is 2.07 bits per heavy atom. The van der Waals surface area contributed by atoms with Crippen LogP contribution in [0.4, 0.5) is 0 Å². The second-order valence-corrected chi connectivity index (χ2v) is 8.02. The Kier molecular flexibility index (Phi) is 4.67. The van der Waals surface area contributed by atoms with Gasteiger partial charge in [0, 0.05) is 17.5 Å². The van der Waals surface area contributed by atoms with Gasteiger partial charge >= 0.3 is 0 Å². The molecule has 0 saturated heterocycles. The number of nitrogens with one attached hydrogen (secondary N) is 1. The molecule has 0 spiro atoms. The van der Waals surface area contributed by atoms with E-state index in [1.807, 2.05) is 30.3 Å². The van der Waals surface area contributed by atoms with Gasteiger partial charge < -0.3 is 5.32 Å². The number of fused-ring (bicyclic) bond motifs is 3. The molecule has 29 heavy (non-hydrogen) atoms. The van der Waals surface area contributed by atoms with E-state index in [1.165, 1.54) is 5.57 Å². The molecule has 3 aromatic rings. The van der Waals surface area contributed by atoms with E-state index in [9.17, 15) is 0 Å². The van der Waals surface area contributed by atoms with Crippen molar-refractivity contribution >= 4 is 17.2 Å². The fraction of sp³-hybridized carbons (Fsp3) is 0.261. The number of rotatable bonds is 2. The van der Waals surface area contributed by atoms with Gasteiger partial charge in [0.05, 0.1) is 23.9 Å². The summed E-state index contributed by atoms with van der Waals surface area (Å²) >= 11 is 6.22. The molecule has 0 bridgehead atoms. The van der Waals surface area contributed by atoms with Gasteiger partial charge in [-0.15, -0.1) is 10.2 Å². The Morgan fingerprint density at radius 3 is 2.90 bits per heavy atom. The highest BCUT2D eigenvalue weighted by atomic mass is 35.5. The highest BCUT2D eigenvalue weighted by Gasteiger charge is 2.26. The van der Waals surface area contributed by atoms with Gasteiger partial charge in [0.25, 0.3) is 0 Å². The summed E-state index contributed by atoms with van der Waals surface area (Å²) < 4.78 is 2.21. The molecule has 0 saturated carbocycles. The molecule has 1 unspecified atom stereocenters. The van der Waals surface area contributed by atoms with Crippen molar-refractivity contribution in [3.63, 3.8) is 0 Å². The molecule has 5 rings (SSSR count). The lowest BCUT2D eigenvalue weighted by atomic mass is 9.85. The van der Waals surface area contributed by atoms with E-state index in [1.54, 1.807) is 0 Å². The van der Waals surface area contributed by atoms with Gasteiger partial charge in [-0.2, -0.15) is 5.26 Å². The number of nitriles is 1. The molecule has 0 radical (unpaired) electrons. The van der Waals surface area contributed by atoms with Crippen LogP contribution in [0.2, 0.25) is 5.02 Å². The first-order valence-electron chi connectivity index (χ1n) is 9.86. The molecule has 1 aliphatic carbocycles. The summed E-state index contributed by atoms with van der Waals surface area (Å²) in [4.78, 5) is 0. The topological polar surface area (TPSA) is 66.5 Å². The number of hydrogen-bond acceptors (Lipinski definition) is 4. The fourth-order valence-corrected chi connectivity index (χ4v) is 4.51. The monoisotopic (exact) mass is 401 g/mol. The molecule has 2 heterocycles. The smallest absolute Gasteiger partial charge is 0.151 e. The van der Waals surface area contributed by atoms with Crippen LogP contribution in [0.25, 0.3) is 11.3 Å². The summed E-state index contributed by atoms with van der Waals surface area (Å²) in [5, 5.41) is 22.4. The molecule has 1 aromatic heterocycles. The molecule has 2 aliphatic rings. The third kappa shape index (κ3) is 3.35. The van der Waals surface area contributed by atoms with Gasteiger partial charge in [-0.05, 0) is 66.3 Å². The van der Waals surface area contributed by atoms with Crippen LogP contribution in [0.15, 0.2) is 48.5 Å². The van der Waals surface area contributed by atoms with Crippen molar-refractivity contribution in [2.45, 2.75) is 38.3 Å². The molecule has 0 amide bonds. The van der Waals surface area contributed by atoms with Crippen molar-refractivity contribution in [3.05, 3.63) is 81.9 Å². The number of halogens is 1. The molecule has 1 aliphatic heterocycles. The maximum Gasteiger partial charge on any atom is 0.151 e. The Labute approximate surface area is 174 Å². The van der Waals surface area contributed by atoms with Gasteiger partial charge in [-0.3, -0.25) is 4.57 Å². The van der Waals surface area contributed by atoms with Crippen molar-refractivity contribution < 1.29 is 0 Å². The largest absolute Gasteiger partial charge is 0.306 e. The molecular weight excluding hydrogens is 382 g/mol. The zero-order valence-electron chi connectivity index (χ0n) is 15.9. The van der Waals surface area contributed by atoms with Gasteiger partial charge in [0.1, 0.15) is 5.82 Å². The minimum absolute atomic E-state index is 0.320. The van der Waals surface area contributed by atoms with Crippen LogP contribution in [0, 0.1) is 11.3 Å². The normalized spacial score (nSPS) is 18.2. The first kappa shape index (κ1) is 18.1. The summed E-state index contributed by atoms with van der Waals surface area (Å²) in [7, 11) is 0. The van der Waals surface area contributed by atoms with E-state index >= 15 is 0 Å². The lowest BCUT2D eigenvalue weighted by Crippen LogP contribution is -2.13. The molecule has 1 N–H and O–H groups in total. The molecule has 5 nitrogen and oxygen atoms in total. The van der Waals surface area contributed by atoms with Crippen molar-refractivity contribution in [3.8, 4) is 11.8 Å². The zero-order valence-corrected chi connectivity index (χ0v) is 16.7. The summed E-state index contributed by atoms with van der Waals surface area (Å²) in [6.45, 7) is 1.46. The van der Waals surface area contributed by atoms with E-state index in [0.717, 1.165) is 59.3 Å². The third-order valence-electron chi connectivity index (χ3n) is 5.77. The summed E-state index contributed by atoms with van der Waals surface area (Å²) in [5.74, 6) is 2.28. The highest BCUT2D eigenvalue weighted by Crippen LogP contribution is 2.37. The minimum atomic E-state index is 0.320. The second kappa shape index (κ2) is 7.47. The Balaban J connectivity index is 1.47. The maximum absolute atomic E-state index is 9.16. The van der Waals surface area contributed by atoms with Crippen molar-refractivity contribution in [2.75, 3.05) is 0 Å². The van der Waals surface area contributed by atoms with E-state index < -0.39 is 0 Å². The predicted molar refractivity (Wildman–Crippen MR) is 113 cm³/mol. The number of allylic oxidation sites excluding steroid dienone is 2. The molecule has 1 atom stereocenters. The quantitative estimate of drug-likeness (QED) is 0.673. The van der Waals surface area contributed by atoms with E-state index in [2.05, 4.69) is 44.4 Å². The lowest BCUT2D eigenvalue weighted by Gasteiger charge is -2.23. The van der Waals surface area contributed by atoms with Gasteiger partial charge in [0.15, 0.2) is 5.82 Å². The van der Waals surface area contributed by atoms with Crippen LogP contribution in [-0.2, 0) is 13.1 Å². The van der Waals surface area contributed by atoms with Crippen LogP contribution in [0.5, 0.6) is 0 Å². The van der Waals surface area contributed by atoms with Gasteiger partial charge in [-0.25, -0.2) is 0 Å². The standard InChI is InChI=1S/C23H20ClN5/c24-20-8-9-21-19(11-20)13-26-14-22-27-28-23(29(21)22)17-6-4-16(5-7-17)18-3-1-2-15(10-18)12-25/h1-4,8-11,17,26H,5-7,13-14H2. The van der Waals surface area contributed by atoms with Crippen molar-refractivity contribution in [1.29, 1.82) is 5.26 Å². The van der Waals surface area contributed by atoms with Crippen molar-refractivity contribution in [1.82, 2.24) is 20.1 Å². The molecular formula is C23H20ClN5. The van der Waals surface area contributed by atoms with E-state index in [0.29, 0.717) is 18.0 Å². The first-order valence-corrected chi connectivity index (χ1v) is 10.2. The molecule has 144 valence electrons. The third-order valence-corrected chi connectivity index (χ3v) is 6.01. The lowest BCUT2D eigenvalue weighted by molar-refractivity contribution is 0.576. The summed E-state index contributed by atoms with van der Waals surface area (Å²) in [5.41, 5.74) is 5.44. The average Bonchev–Trinajstić information content (AvgIpc) is 3.09. The molecule has 0 fully saturated rings. The number of benzene rings is 2. The van der Waals surface area contributed by atoms with Gasteiger partial charge in [-0.1, -0.05) is 29.8 Å². The Bertz CT molecular complexity index is 1150. The van der Waals surface area contributed by atoms with E-state index in [-0.39, 0.29) is 0 Å². The van der Waals surface area contributed by atoms with Crippen LogP contribution in [0.1, 0.15) is 53.5 Å². The SMILES string of the molecule is N#Cc1cccc(C2=CCC(c3nnc4n3-c3ccc(Cl)cc3CNC4)CC2)c1.